The number of aromatic nitrogens is 1. The van der Waals surface area contributed by atoms with Crippen molar-refractivity contribution >= 4 is 17.0 Å². The molecule has 1 aromatic carbocycles. The molecule has 19 heavy (non-hydrogen) atoms. The Morgan fingerprint density at radius 2 is 2.16 bits per heavy atom. The highest BCUT2D eigenvalue weighted by Gasteiger charge is 2.12. The van der Waals surface area contributed by atoms with Gasteiger partial charge in [0.05, 0.1) is 14.8 Å². The first-order valence-corrected chi connectivity index (χ1v) is 6.99. The second kappa shape index (κ2) is 5.48. The summed E-state index contributed by atoms with van der Waals surface area (Å²) in [6.45, 7) is 6.22. The molecule has 0 saturated carbocycles. The number of hydrogen-bond acceptors (Lipinski definition) is 4. The van der Waals surface area contributed by atoms with Gasteiger partial charge in [0.1, 0.15) is 0 Å². The van der Waals surface area contributed by atoms with E-state index in [0.29, 0.717) is 5.92 Å². The molecule has 0 saturated heterocycles. The van der Waals surface area contributed by atoms with Crippen LogP contribution in [0.3, 0.4) is 0 Å². The van der Waals surface area contributed by atoms with Gasteiger partial charge < -0.3 is 0 Å². The molecular weight excluding hydrogens is 260 g/mol. The quantitative estimate of drug-likeness (QED) is 0.620. The average Bonchev–Trinajstić information content (AvgIpc) is 2.76. The van der Waals surface area contributed by atoms with Crippen molar-refractivity contribution in [1.29, 1.82) is 0 Å². The fraction of sp³-hybridized carbons (Fsp3) is 0.357. The van der Waals surface area contributed by atoms with Crippen LogP contribution in [-0.2, 0) is 6.42 Å². The minimum absolute atomic E-state index is 0.133. The Hall–Kier alpha value is -1.75. The first-order valence-electron chi connectivity index (χ1n) is 6.17. The number of non-ortho nitro benzene ring substituents is 1. The Bertz CT molecular complexity index is 605. The number of aryl methyl sites for hydroxylation is 1. The lowest BCUT2D eigenvalue weighted by Gasteiger charge is -2.02. The number of nitrogens with zero attached hydrogens (tertiary/aromatic N) is 2. The van der Waals surface area contributed by atoms with Crippen molar-refractivity contribution in [2.24, 2.45) is 5.92 Å². The fourth-order valence-electron chi connectivity index (χ4n) is 1.92. The van der Waals surface area contributed by atoms with Crippen LogP contribution in [0.1, 0.15) is 24.4 Å². The van der Waals surface area contributed by atoms with Crippen LogP contribution in [0.4, 0.5) is 5.69 Å². The normalized spacial score (nSPS) is 10.9. The highest BCUT2D eigenvalue weighted by atomic mass is 32.1. The van der Waals surface area contributed by atoms with Gasteiger partial charge in [0, 0.05) is 24.8 Å². The molecule has 0 bridgehead atoms. The van der Waals surface area contributed by atoms with Gasteiger partial charge in [0.2, 0.25) is 0 Å². The van der Waals surface area contributed by atoms with Crippen LogP contribution in [0.25, 0.3) is 10.4 Å². The molecule has 0 aliphatic rings. The average molecular weight is 276 g/mol. The maximum Gasteiger partial charge on any atom is 0.269 e. The Kier molecular flexibility index (Phi) is 3.95. The van der Waals surface area contributed by atoms with Gasteiger partial charge in [0.25, 0.3) is 5.69 Å². The molecule has 0 unspecified atom stereocenters. The van der Waals surface area contributed by atoms with Gasteiger partial charge in [-0.25, -0.2) is 4.98 Å². The van der Waals surface area contributed by atoms with Gasteiger partial charge in [-0.3, -0.25) is 10.1 Å². The lowest BCUT2D eigenvalue weighted by Crippen LogP contribution is -1.91. The van der Waals surface area contributed by atoms with Gasteiger partial charge in [0.15, 0.2) is 0 Å². The number of rotatable bonds is 4. The van der Waals surface area contributed by atoms with E-state index in [4.69, 9.17) is 0 Å². The van der Waals surface area contributed by atoms with Crippen LogP contribution in [0.2, 0.25) is 0 Å². The monoisotopic (exact) mass is 276 g/mol. The Balaban J connectivity index is 2.31. The third kappa shape index (κ3) is 3.17. The maximum absolute atomic E-state index is 10.7. The first kappa shape index (κ1) is 13.7. The number of thiazole rings is 1. The third-order valence-electron chi connectivity index (χ3n) is 2.82. The van der Waals surface area contributed by atoms with Crippen molar-refractivity contribution in [3.63, 3.8) is 0 Å². The van der Waals surface area contributed by atoms with Gasteiger partial charge in [-0.15, -0.1) is 11.3 Å². The summed E-state index contributed by atoms with van der Waals surface area (Å²) in [6.07, 6.45) is 2.83. The molecule has 4 nitrogen and oxygen atoms in total. The number of nitro groups is 1. The van der Waals surface area contributed by atoms with E-state index >= 15 is 0 Å². The van der Waals surface area contributed by atoms with Gasteiger partial charge >= 0.3 is 0 Å². The van der Waals surface area contributed by atoms with Gasteiger partial charge in [-0.1, -0.05) is 13.8 Å². The van der Waals surface area contributed by atoms with Crippen molar-refractivity contribution in [3.8, 4) is 10.4 Å². The molecule has 2 aromatic rings. The maximum atomic E-state index is 10.7. The highest BCUT2D eigenvalue weighted by Crippen LogP contribution is 2.31. The van der Waals surface area contributed by atoms with Gasteiger partial charge in [-0.05, 0) is 30.0 Å². The van der Waals surface area contributed by atoms with Crippen LogP contribution >= 0.6 is 11.3 Å². The molecule has 1 heterocycles. The largest absolute Gasteiger partial charge is 0.269 e. The van der Waals surface area contributed by atoms with E-state index in [1.165, 1.54) is 0 Å². The summed E-state index contributed by atoms with van der Waals surface area (Å²) in [5, 5.41) is 11.8. The molecule has 0 amide bonds. The number of benzene rings is 1. The van der Waals surface area contributed by atoms with Crippen LogP contribution in [0.15, 0.2) is 24.4 Å². The van der Waals surface area contributed by atoms with Crippen molar-refractivity contribution in [2.75, 3.05) is 0 Å². The molecule has 0 N–H and O–H groups in total. The SMILES string of the molecule is Cc1cc([N+](=O)[O-])ccc1-c1cnc(CC(C)C)s1. The Morgan fingerprint density at radius 1 is 1.42 bits per heavy atom. The zero-order valence-electron chi connectivity index (χ0n) is 11.2. The fourth-order valence-corrected chi connectivity index (χ4v) is 3.14. The number of nitro benzene ring substituents is 1. The molecule has 0 fully saturated rings. The second-order valence-electron chi connectivity index (χ2n) is 4.97. The van der Waals surface area contributed by atoms with Crippen molar-refractivity contribution in [2.45, 2.75) is 27.2 Å². The third-order valence-corrected chi connectivity index (χ3v) is 3.88. The molecule has 0 spiro atoms. The van der Waals surface area contributed by atoms with Crippen molar-refractivity contribution in [1.82, 2.24) is 4.98 Å². The summed E-state index contributed by atoms with van der Waals surface area (Å²) in [5.74, 6) is 0.581. The van der Waals surface area contributed by atoms with E-state index in [0.717, 1.165) is 27.4 Å². The molecule has 0 aliphatic carbocycles. The van der Waals surface area contributed by atoms with Crippen LogP contribution in [0, 0.1) is 23.0 Å². The minimum Gasteiger partial charge on any atom is -0.258 e. The molecular formula is C14H16N2O2S. The predicted molar refractivity (Wildman–Crippen MR) is 77.5 cm³/mol. The molecule has 2 rings (SSSR count). The summed E-state index contributed by atoms with van der Waals surface area (Å²) < 4.78 is 0. The minimum atomic E-state index is -0.367. The van der Waals surface area contributed by atoms with E-state index < -0.39 is 0 Å². The first-order chi connectivity index (χ1) is 8.97. The lowest BCUT2D eigenvalue weighted by molar-refractivity contribution is -0.384. The zero-order valence-corrected chi connectivity index (χ0v) is 12.0. The molecule has 0 radical (unpaired) electrons. The van der Waals surface area contributed by atoms with Crippen molar-refractivity contribution in [3.05, 3.63) is 45.1 Å². The number of hydrogen-bond donors (Lipinski definition) is 0. The van der Waals surface area contributed by atoms with E-state index in [1.807, 2.05) is 13.1 Å². The van der Waals surface area contributed by atoms with Crippen LogP contribution in [-0.4, -0.2) is 9.91 Å². The summed E-state index contributed by atoms with van der Waals surface area (Å²) in [7, 11) is 0. The Labute approximate surface area is 116 Å². The molecule has 1 aromatic heterocycles. The highest BCUT2D eigenvalue weighted by molar-refractivity contribution is 7.15. The van der Waals surface area contributed by atoms with E-state index in [9.17, 15) is 10.1 Å². The molecule has 5 heteroatoms. The predicted octanol–water partition coefficient (Wildman–Crippen LogP) is 4.23. The summed E-state index contributed by atoms with van der Waals surface area (Å²) in [4.78, 5) is 15.8. The summed E-state index contributed by atoms with van der Waals surface area (Å²) in [5.41, 5.74) is 2.07. The standard InChI is InChI=1S/C14H16N2O2S/c1-9(2)6-14-15-8-13(19-14)12-5-4-11(16(17)18)7-10(12)3/h4-5,7-9H,6H2,1-3H3. The van der Waals surface area contributed by atoms with Gasteiger partial charge in [-0.2, -0.15) is 0 Å². The molecule has 0 atom stereocenters. The molecule has 100 valence electrons. The smallest absolute Gasteiger partial charge is 0.258 e. The van der Waals surface area contributed by atoms with E-state index in [2.05, 4.69) is 18.8 Å². The Morgan fingerprint density at radius 3 is 2.74 bits per heavy atom. The topological polar surface area (TPSA) is 56.0 Å². The zero-order chi connectivity index (χ0) is 14.0. The summed E-state index contributed by atoms with van der Waals surface area (Å²) in [6, 6.07) is 4.96. The van der Waals surface area contributed by atoms with Crippen molar-refractivity contribution < 1.29 is 4.92 Å². The van der Waals surface area contributed by atoms with Crippen LogP contribution in [0.5, 0.6) is 0 Å². The van der Waals surface area contributed by atoms with E-state index in [-0.39, 0.29) is 10.6 Å². The van der Waals surface area contributed by atoms with Crippen LogP contribution < -0.4 is 0 Å². The lowest BCUT2D eigenvalue weighted by atomic mass is 10.1. The van der Waals surface area contributed by atoms with E-state index in [1.54, 1.807) is 29.5 Å². The summed E-state index contributed by atoms with van der Waals surface area (Å²) >= 11 is 1.66. The second-order valence-corrected chi connectivity index (χ2v) is 6.09. The molecule has 0 aliphatic heterocycles.